The van der Waals surface area contributed by atoms with Crippen LogP contribution < -0.4 is 15.4 Å². The van der Waals surface area contributed by atoms with Crippen LogP contribution in [0.1, 0.15) is 12.0 Å². The summed E-state index contributed by atoms with van der Waals surface area (Å²) in [5.41, 5.74) is 2.99. The zero-order chi connectivity index (χ0) is 19.7. The van der Waals surface area contributed by atoms with E-state index < -0.39 is 6.10 Å². The number of halogens is 1. The highest BCUT2D eigenvalue weighted by atomic mass is 32.1. The summed E-state index contributed by atoms with van der Waals surface area (Å²) in [6.07, 6.45) is -1.04. The molecule has 1 atom stereocenters. The van der Waals surface area contributed by atoms with E-state index in [-0.39, 0.29) is 24.1 Å². The van der Waals surface area contributed by atoms with Gasteiger partial charge < -0.3 is 15.4 Å². The molecule has 0 bridgehead atoms. The number of nitrogens with one attached hydrogen (secondary N) is 2. The summed E-state index contributed by atoms with van der Waals surface area (Å²) in [4.78, 5) is 28.9. The molecule has 142 valence electrons. The van der Waals surface area contributed by atoms with Crippen molar-refractivity contribution >= 4 is 34.0 Å². The molecule has 6 nitrogen and oxygen atoms in total. The van der Waals surface area contributed by atoms with Crippen molar-refractivity contribution in [2.24, 2.45) is 0 Å². The Hall–Kier alpha value is -3.26. The number of hydrogen-bond acceptors (Lipinski definition) is 5. The van der Waals surface area contributed by atoms with Crippen molar-refractivity contribution in [1.82, 2.24) is 4.98 Å². The molecule has 1 unspecified atom stereocenters. The first-order valence-electron chi connectivity index (χ1n) is 8.57. The highest BCUT2D eigenvalue weighted by Gasteiger charge is 2.30. The molecule has 4 rings (SSSR count). The van der Waals surface area contributed by atoms with E-state index in [4.69, 9.17) is 4.74 Å². The van der Waals surface area contributed by atoms with Crippen LogP contribution in [0.4, 0.5) is 15.2 Å². The van der Waals surface area contributed by atoms with Gasteiger partial charge >= 0.3 is 0 Å². The fourth-order valence-electron chi connectivity index (χ4n) is 2.82. The van der Waals surface area contributed by atoms with Crippen LogP contribution in [0.3, 0.4) is 0 Å². The van der Waals surface area contributed by atoms with Crippen molar-refractivity contribution in [1.29, 1.82) is 0 Å². The molecule has 0 saturated carbocycles. The predicted octanol–water partition coefficient (Wildman–Crippen LogP) is 3.99. The Kier molecular flexibility index (Phi) is 4.79. The third-order valence-electron chi connectivity index (χ3n) is 4.22. The Morgan fingerprint density at radius 2 is 2.07 bits per heavy atom. The van der Waals surface area contributed by atoms with Crippen molar-refractivity contribution in [2.75, 3.05) is 10.6 Å². The summed E-state index contributed by atoms with van der Waals surface area (Å²) in [6.45, 7) is 1.92. The van der Waals surface area contributed by atoms with Gasteiger partial charge in [-0.15, -0.1) is 11.3 Å². The van der Waals surface area contributed by atoms with E-state index in [1.807, 2.05) is 19.1 Å². The first-order chi connectivity index (χ1) is 13.5. The monoisotopic (exact) mass is 397 g/mol. The smallest absolute Gasteiger partial charge is 0.266 e. The third-order valence-corrected chi connectivity index (χ3v) is 4.97. The van der Waals surface area contributed by atoms with Crippen LogP contribution in [0.5, 0.6) is 5.75 Å². The van der Waals surface area contributed by atoms with Crippen molar-refractivity contribution < 1.29 is 18.7 Å². The summed E-state index contributed by atoms with van der Waals surface area (Å²) in [5, 5.41) is 7.61. The minimum absolute atomic E-state index is 0.134. The van der Waals surface area contributed by atoms with Crippen molar-refractivity contribution in [3.8, 4) is 17.0 Å². The molecule has 0 fully saturated rings. The molecule has 2 aromatic carbocycles. The summed E-state index contributed by atoms with van der Waals surface area (Å²) in [7, 11) is 0. The first-order valence-corrected chi connectivity index (χ1v) is 9.45. The van der Waals surface area contributed by atoms with Crippen LogP contribution in [-0.4, -0.2) is 22.9 Å². The number of carbonyl (C=O) groups excluding carboxylic acids is 2. The van der Waals surface area contributed by atoms with Crippen LogP contribution in [0.25, 0.3) is 11.3 Å². The second-order valence-electron chi connectivity index (χ2n) is 6.39. The van der Waals surface area contributed by atoms with Crippen LogP contribution >= 0.6 is 11.3 Å². The fraction of sp³-hybridized carbons (Fsp3) is 0.150. The van der Waals surface area contributed by atoms with Crippen molar-refractivity contribution in [2.45, 2.75) is 19.4 Å². The zero-order valence-electron chi connectivity index (χ0n) is 14.9. The third kappa shape index (κ3) is 3.86. The maximum Gasteiger partial charge on any atom is 0.266 e. The fourth-order valence-corrected chi connectivity index (χ4v) is 3.56. The van der Waals surface area contributed by atoms with Gasteiger partial charge in [0.05, 0.1) is 17.8 Å². The SMILES string of the molecule is Cc1ccc2c(c1)NC(=O)C(CC(=O)Nc1nc(-c3ccc(F)cc3)cs1)O2. The Morgan fingerprint density at radius 3 is 2.86 bits per heavy atom. The van der Waals surface area contributed by atoms with Gasteiger partial charge in [0.25, 0.3) is 5.91 Å². The number of aromatic nitrogens is 1. The number of amides is 2. The van der Waals surface area contributed by atoms with Crippen molar-refractivity contribution in [3.05, 3.63) is 59.2 Å². The number of benzene rings is 2. The van der Waals surface area contributed by atoms with Crippen molar-refractivity contribution in [3.63, 3.8) is 0 Å². The van der Waals surface area contributed by atoms with Crippen LogP contribution in [0.15, 0.2) is 47.8 Å². The molecule has 2 N–H and O–H groups in total. The lowest BCUT2D eigenvalue weighted by molar-refractivity contribution is -0.128. The van der Waals surface area contributed by atoms with Gasteiger partial charge in [-0.1, -0.05) is 6.07 Å². The lowest BCUT2D eigenvalue weighted by atomic mass is 10.1. The maximum atomic E-state index is 13.0. The number of ether oxygens (including phenoxy) is 1. The number of anilines is 2. The predicted molar refractivity (Wildman–Crippen MR) is 105 cm³/mol. The molecule has 0 aliphatic carbocycles. The molecule has 28 heavy (non-hydrogen) atoms. The molecule has 1 aliphatic rings. The molecule has 8 heteroatoms. The largest absolute Gasteiger partial charge is 0.478 e. The molecule has 0 radical (unpaired) electrons. The number of fused-ring (bicyclic) bond motifs is 1. The van der Waals surface area contributed by atoms with E-state index in [0.29, 0.717) is 22.3 Å². The summed E-state index contributed by atoms with van der Waals surface area (Å²) in [6, 6.07) is 11.4. The van der Waals surface area contributed by atoms with E-state index in [2.05, 4.69) is 15.6 Å². The number of rotatable bonds is 4. The Bertz CT molecular complexity index is 1050. The summed E-state index contributed by atoms with van der Waals surface area (Å²) in [5.74, 6) is -0.527. The summed E-state index contributed by atoms with van der Waals surface area (Å²) >= 11 is 1.25. The van der Waals surface area contributed by atoms with E-state index >= 15 is 0 Å². The van der Waals surface area contributed by atoms with Crippen LogP contribution in [0, 0.1) is 12.7 Å². The highest BCUT2D eigenvalue weighted by molar-refractivity contribution is 7.14. The zero-order valence-corrected chi connectivity index (χ0v) is 15.7. The molecule has 1 aromatic heterocycles. The number of hydrogen-bond donors (Lipinski definition) is 2. The first kappa shape index (κ1) is 18.1. The van der Waals surface area contributed by atoms with Gasteiger partial charge in [-0.2, -0.15) is 0 Å². The minimum atomic E-state index is -0.910. The molecule has 3 aromatic rings. The van der Waals surface area contributed by atoms with E-state index in [9.17, 15) is 14.0 Å². The second kappa shape index (κ2) is 7.40. The molecule has 2 amide bonds. The van der Waals surface area contributed by atoms with Gasteiger partial charge in [-0.05, 0) is 48.9 Å². The molecule has 0 saturated heterocycles. The Labute approximate surface area is 164 Å². The number of aryl methyl sites for hydroxylation is 1. The number of nitrogens with zero attached hydrogens (tertiary/aromatic N) is 1. The molecule has 1 aliphatic heterocycles. The second-order valence-corrected chi connectivity index (χ2v) is 7.25. The van der Waals surface area contributed by atoms with Crippen LogP contribution in [0.2, 0.25) is 0 Å². The van der Waals surface area contributed by atoms with Gasteiger partial charge in [0.2, 0.25) is 5.91 Å². The normalized spacial score (nSPS) is 15.4. The topological polar surface area (TPSA) is 80.3 Å². The van der Waals surface area contributed by atoms with Crippen LogP contribution in [-0.2, 0) is 9.59 Å². The van der Waals surface area contributed by atoms with Gasteiger partial charge in [0.15, 0.2) is 11.2 Å². The summed E-state index contributed by atoms with van der Waals surface area (Å²) < 4.78 is 18.7. The average molecular weight is 397 g/mol. The lowest BCUT2D eigenvalue weighted by Gasteiger charge is -2.25. The Morgan fingerprint density at radius 1 is 1.29 bits per heavy atom. The number of thiazole rings is 1. The minimum Gasteiger partial charge on any atom is -0.478 e. The average Bonchev–Trinajstić information content (AvgIpc) is 3.11. The molecular weight excluding hydrogens is 381 g/mol. The standard InChI is InChI=1S/C20H16FN3O3S/c1-11-2-7-16-14(8-11)22-19(26)17(27-16)9-18(25)24-20-23-15(10-28-20)12-3-5-13(21)6-4-12/h2-8,10,17H,9H2,1H3,(H,22,26)(H,23,24,25). The number of carbonyl (C=O) groups is 2. The molecule has 2 heterocycles. The molecule has 0 spiro atoms. The van der Waals surface area contributed by atoms with E-state index in [0.717, 1.165) is 11.1 Å². The van der Waals surface area contributed by atoms with Gasteiger partial charge in [0, 0.05) is 10.9 Å². The highest BCUT2D eigenvalue weighted by Crippen LogP contribution is 2.31. The van der Waals surface area contributed by atoms with Gasteiger partial charge in [-0.25, -0.2) is 9.37 Å². The lowest BCUT2D eigenvalue weighted by Crippen LogP contribution is -2.39. The Balaban J connectivity index is 1.40. The van der Waals surface area contributed by atoms with E-state index in [1.54, 1.807) is 23.6 Å². The van der Waals surface area contributed by atoms with E-state index in [1.165, 1.54) is 23.5 Å². The van der Waals surface area contributed by atoms with Gasteiger partial charge in [0.1, 0.15) is 11.6 Å². The van der Waals surface area contributed by atoms with Gasteiger partial charge in [-0.3, -0.25) is 9.59 Å². The molecular formula is C20H16FN3O3S. The quantitative estimate of drug-likeness (QED) is 0.698. The maximum absolute atomic E-state index is 13.0.